The summed E-state index contributed by atoms with van der Waals surface area (Å²) in [5, 5.41) is 2.93. The third kappa shape index (κ3) is 0.736. The number of fused-ring (bicyclic) bond motifs is 2. The molecule has 2 aliphatic rings. The van der Waals surface area contributed by atoms with Gasteiger partial charge < -0.3 is 11.1 Å². The normalized spacial score (nSPS) is 45.3. The Kier molecular flexibility index (Phi) is 1.20. The molecule has 3 N–H and O–H groups in total. The number of nitrogens with two attached hydrogens (primary N) is 1. The summed E-state index contributed by atoms with van der Waals surface area (Å²) < 4.78 is 0. The number of carbonyl (C=O) groups is 1. The van der Waals surface area contributed by atoms with Crippen molar-refractivity contribution in [3.05, 3.63) is 0 Å². The van der Waals surface area contributed by atoms with E-state index >= 15 is 0 Å². The molecule has 1 aliphatic carbocycles. The van der Waals surface area contributed by atoms with E-state index in [1.165, 1.54) is 0 Å². The van der Waals surface area contributed by atoms with Crippen LogP contribution in [0.5, 0.6) is 0 Å². The van der Waals surface area contributed by atoms with Crippen LogP contribution in [-0.4, -0.2) is 18.0 Å². The molecule has 1 saturated carbocycles. The zero-order chi connectivity index (χ0) is 7.14. The fraction of sp³-hybridized carbons (Fsp3) is 0.857. The first kappa shape index (κ1) is 6.16. The number of carbonyl (C=O) groups excluding carboxylic acids is 1. The van der Waals surface area contributed by atoms with E-state index in [4.69, 9.17) is 5.73 Å². The van der Waals surface area contributed by atoms with Crippen LogP contribution in [0.15, 0.2) is 0 Å². The van der Waals surface area contributed by atoms with E-state index < -0.39 is 0 Å². The Morgan fingerprint density at radius 1 is 1.50 bits per heavy atom. The van der Waals surface area contributed by atoms with Gasteiger partial charge in [-0.2, -0.15) is 0 Å². The first-order valence-corrected chi connectivity index (χ1v) is 3.83. The van der Waals surface area contributed by atoms with Gasteiger partial charge in [0.2, 0.25) is 5.91 Å². The van der Waals surface area contributed by atoms with Crippen molar-refractivity contribution in [3.63, 3.8) is 0 Å². The van der Waals surface area contributed by atoms with Crippen LogP contribution >= 0.6 is 0 Å². The van der Waals surface area contributed by atoms with Crippen molar-refractivity contribution in [1.82, 2.24) is 5.32 Å². The van der Waals surface area contributed by atoms with Crippen LogP contribution in [-0.2, 0) is 4.79 Å². The number of hydrogen-bond donors (Lipinski definition) is 2. The average Bonchev–Trinajstić information content (AvgIpc) is 2.21. The van der Waals surface area contributed by atoms with E-state index in [2.05, 4.69) is 5.32 Å². The minimum atomic E-state index is 0.124. The lowest BCUT2D eigenvalue weighted by atomic mass is 9.86. The standard InChI is InChI=1S/C7H12N2O/c8-6-2-1-4-3-5(6)7(10)9-4/h4-6H,1-3,8H2,(H,9,10)/t4-,5-,6+/m0/s1. The molecule has 1 saturated heterocycles. The molecular formula is C7H12N2O. The maximum atomic E-state index is 11.1. The Hall–Kier alpha value is -0.570. The van der Waals surface area contributed by atoms with Gasteiger partial charge in [-0.25, -0.2) is 0 Å². The van der Waals surface area contributed by atoms with Gasteiger partial charge in [0.1, 0.15) is 0 Å². The molecule has 1 amide bonds. The number of hydrogen-bond acceptors (Lipinski definition) is 2. The van der Waals surface area contributed by atoms with Gasteiger partial charge in [-0.1, -0.05) is 0 Å². The summed E-state index contributed by atoms with van der Waals surface area (Å²) in [5.74, 6) is 0.300. The average molecular weight is 140 g/mol. The molecule has 0 spiro atoms. The molecular weight excluding hydrogens is 128 g/mol. The second kappa shape index (κ2) is 1.95. The molecule has 0 aromatic heterocycles. The highest BCUT2D eigenvalue weighted by atomic mass is 16.2. The Morgan fingerprint density at radius 3 is 3.00 bits per heavy atom. The zero-order valence-corrected chi connectivity index (χ0v) is 5.84. The molecule has 2 bridgehead atoms. The van der Waals surface area contributed by atoms with Crippen LogP contribution in [0.25, 0.3) is 0 Å². The number of rotatable bonds is 0. The Labute approximate surface area is 60.0 Å². The van der Waals surface area contributed by atoms with Gasteiger partial charge in [-0.3, -0.25) is 4.79 Å². The molecule has 3 heteroatoms. The molecule has 0 radical (unpaired) electrons. The first-order chi connectivity index (χ1) is 4.77. The molecule has 1 aliphatic heterocycles. The quantitative estimate of drug-likeness (QED) is 0.481. The van der Waals surface area contributed by atoms with Crippen molar-refractivity contribution in [2.45, 2.75) is 31.3 Å². The minimum Gasteiger partial charge on any atom is -0.353 e. The molecule has 1 heterocycles. The van der Waals surface area contributed by atoms with Crippen LogP contribution in [0, 0.1) is 5.92 Å². The summed E-state index contributed by atoms with van der Waals surface area (Å²) in [6.07, 6.45) is 3.05. The topological polar surface area (TPSA) is 55.1 Å². The van der Waals surface area contributed by atoms with Gasteiger partial charge in [-0.05, 0) is 19.3 Å². The highest BCUT2D eigenvalue weighted by Crippen LogP contribution is 2.28. The SMILES string of the molecule is N[C@@H]1CC[C@H]2C[C@@H]1C(=O)N2. The summed E-state index contributed by atoms with van der Waals surface area (Å²) in [4.78, 5) is 11.1. The lowest BCUT2D eigenvalue weighted by Crippen LogP contribution is -2.35. The Morgan fingerprint density at radius 2 is 2.30 bits per heavy atom. The van der Waals surface area contributed by atoms with Crippen LogP contribution in [0.1, 0.15) is 19.3 Å². The van der Waals surface area contributed by atoms with Crippen molar-refractivity contribution in [1.29, 1.82) is 0 Å². The van der Waals surface area contributed by atoms with Crippen LogP contribution in [0.3, 0.4) is 0 Å². The predicted octanol–water partition coefficient (Wildman–Crippen LogP) is -0.388. The third-order valence-corrected chi connectivity index (χ3v) is 2.59. The molecule has 2 rings (SSSR count). The van der Waals surface area contributed by atoms with Gasteiger partial charge in [0, 0.05) is 12.1 Å². The molecule has 10 heavy (non-hydrogen) atoms. The maximum absolute atomic E-state index is 11.1. The minimum absolute atomic E-state index is 0.124. The summed E-state index contributed by atoms with van der Waals surface area (Å²) >= 11 is 0. The number of nitrogens with one attached hydrogen (secondary N) is 1. The zero-order valence-electron chi connectivity index (χ0n) is 5.84. The van der Waals surface area contributed by atoms with Crippen LogP contribution < -0.4 is 11.1 Å². The summed E-state index contributed by atoms with van der Waals surface area (Å²) in [6, 6.07) is 0.566. The molecule has 0 aromatic rings. The molecule has 2 fully saturated rings. The van der Waals surface area contributed by atoms with E-state index in [1.807, 2.05) is 0 Å². The third-order valence-electron chi connectivity index (χ3n) is 2.59. The van der Waals surface area contributed by atoms with Crippen molar-refractivity contribution < 1.29 is 4.79 Å². The van der Waals surface area contributed by atoms with Gasteiger partial charge >= 0.3 is 0 Å². The largest absolute Gasteiger partial charge is 0.353 e. The maximum Gasteiger partial charge on any atom is 0.224 e. The lowest BCUT2D eigenvalue weighted by molar-refractivity contribution is -0.122. The highest BCUT2D eigenvalue weighted by Gasteiger charge is 2.39. The van der Waals surface area contributed by atoms with Crippen molar-refractivity contribution in [2.24, 2.45) is 11.7 Å². The first-order valence-electron chi connectivity index (χ1n) is 3.83. The monoisotopic (exact) mass is 140 g/mol. The van der Waals surface area contributed by atoms with E-state index in [9.17, 15) is 4.79 Å². The summed E-state index contributed by atoms with van der Waals surface area (Å²) in [7, 11) is 0. The highest BCUT2D eigenvalue weighted by molar-refractivity contribution is 5.82. The predicted molar refractivity (Wildman–Crippen MR) is 37.2 cm³/mol. The molecule has 3 atom stereocenters. The van der Waals surface area contributed by atoms with Gasteiger partial charge in [0.05, 0.1) is 5.92 Å². The lowest BCUT2D eigenvalue weighted by Gasteiger charge is -2.21. The van der Waals surface area contributed by atoms with E-state index in [-0.39, 0.29) is 17.9 Å². The van der Waals surface area contributed by atoms with Gasteiger partial charge in [0.25, 0.3) is 0 Å². The van der Waals surface area contributed by atoms with E-state index in [1.54, 1.807) is 0 Å². The van der Waals surface area contributed by atoms with E-state index in [0.717, 1.165) is 19.3 Å². The fourth-order valence-electron chi connectivity index (χ4n) is 1.93. The van der Waals surface area contributed by atoms with Crippen LogP contribution in [0.4, 0.5) is 0 Å². The molecule has 3 nitrogen and oxygen atoms in total. The summed E-state index contributed by atoms with van der Waals surface area (Å²) in [5.41, 5.74) is 5.75. The van der Waals surface area contributed by atoms with Crippen molar-refractivity contribution >= 4 is 5.91 Å². The number of amides is 1. The Bertz CT molecular complexity index is 169. The molecule has 0 unspecified atom stereocenters. The smallest absolute Gasteiger partial charge is 0.224 e. The second-order valence-corrected chi connectivity index (χ2v) is 3.29. The fourth-order valence-corrected chi connectivity index (χ4v) is 1.93. The van der Waals surface area contributed by atoms with Crippen molar-refractivity contribution in [3.8, 4) is 0 Å². The molecule has 0 aromatic carbocycles. The van der Waals surface area contributed by atoms with Crippen molar-refractivity contribution in [2.75, 3.05) is 0 Å². The van der Waals surface area contributed by atoms with Gasteiger partial charge in [-0.15, -0.1) is 0 Å². The van der Waals surface area contributed by atoms with Crippen LogP contribution in [0.2, 0.25) is 0 Å². The van der Waals surface area contributed by atoms with E-state index in [0.29, 0.717) is 6.04 Å². The van der Waals surface area contributed by atoms with Gasteiger partial charge in [0.15, 0.2) is 0 Å². The second-order valence-electron chi connectivity index (χ2n) is 3.29. The Balaban J connectivity index is 2.17. The molecule has 56 valence electrons. The summed E-state index contributed by atoms with van der Waals surface area (Å²) in [6.45, 7) is 0.